The SMILES string of the molecule is Cc1ccc(N)cc1C(=O)N1CCCC1c1nc(-c2ccccc2)c(C(C)C)o1.Cl.Cl. The summed E-state index contributed by atoms with van der Waals surface area (Å²) in [4.78, 5) is 20.0. The first-order chi connectivity index (χ1) is 14.0. The number of aryl methyl sites for hydroxylation is 1. The van der Waals surface area contributed by atoms with E-state index in [1.807, 2.05) is 54.3 Å². The van der Waals surface area contributed by atoms with Crippen molar-refractivity contribution in [3.63, 3.8) is 0 Å². The van der Waals surface area contributed by atoms with Gasteiger partial charge in [0.1, 0.15) is 17.5 Å². The summed E-state index contributed by atoms with van der Waals surface area (Å²) in [5.74, 6) is 1.68. The second-order valence-corrected chi connectivity index (χ2v) is 8.02. The Hall–Kier alpha value is -2.50. The minimum absolute atomic E-state index is 0. The number of nitrogens with two attached hydrogens (primary N) is 1. The lowest BCUT2D eigenvalue weighted by atomic mass is 10.0. The van der Waals surface area contributed by atoms with E-state index in [1.54, 1.807) is 6.07 Å². The zero-order valence-electron chi connectivity index (χ0n) is 18.0. The predicted molar refractivity (Wildman–Crippen MR) is 129 cm³/mol. The van der Waals surface area contributed by atoms with E-state index in [4.69, 9.17) is 15.1 Å². The highest BCUT2D eigenvalue weighted by atomic mass is 35.5. The maximum Gasteiger partial charge on any atom is 0.254 e. The van der Waals surface area contributed by atoms with Crippen molar-refractivity contribution in [2.24, 2.45) is 0 Å². The standard InChI is InChI=1S/C24H27N3O2.2ClH/c1-15(2)22-21(17-8-5-4-6-9-17)26-23(29-22)20-10-7-13-27(20)24(28)19-14-18(25)12-11-16(19)3;;/h4-6,8-9,11-12,14-15,20H,7,10,13,25H2,1-3H3;2*1H. The number of hydrogen-bond acceptors (Lipinski definition) is 4. The number of hydrogen-bond donors (Lipinski definition) is 1. The summed E-state index contributed by atoms with van der Waals surface area (Å²) in [6.07, 6.45) is 1.78. The van der Waals surface area contributed by atoms with Crippen molar-refractivity contribution < 1.29 is 9.21 Å². The number of oxazole rings is 1. The molecule has 0 bridgehead atoms. The summed E-state index contributed by atoms with van der Waals surface area (Å²) < 4.78 is 6.26. The van der Waals surface area contributed by atoms with Crippen molar-refractivity contribution in [2.45, 2.75) is 45.6 Å². The van der Waals surface area contributed by atoms with Gasteiger partial charge in [-0.1, -0.05) is 50.2 Å². The smallest absolute Gasteiger partial charge is 0.254 e. The first kappa shape index (κ1) is 24.8. The lowest BCUT2D eigenvalue weighted by Gasteiger charge is -2.23. The third kappa shape index (κ3) is 4.89. The second kappa shape index (κ2) is 10.2. The van der Waals surface area contributed by atoms with E-state index >= 15 is 0 Å². The van der Waals surface area contributed by atoms with Gasteiger partial charge in [0.15, 0.2) is 0 Å². The molecule has 1 amide bonds. The van der Waals surface area contributed by atoms with Gasteiger partial charge in [-0.3, -0.25) is 4.79 Å². The van der Waals surface area contributed by atoms with Crippen LogP contribution in [0.4, 0.5) is 5.69 Å². The van der Waals surface area contributed by atoms with Gasteiger partial charge in [-0.15, -0.1) is 24.8 Å². The largest absolute Gasteiger partial charge is 0.442 e. The van der Waals surface area contributed by atoms with Crippen LogP contribution >= 0.6 is 24.8 Å². The van der Waals surface area contributed by atoms with Gasteiger partial charge < -0.3 is 15.1 Å². The number of rotatable bonds is 4. The maximum absolute atomic E-state index is 13.3. The zero-order chi connectivity index (χ0) is 20.5. The predicted octanol–water partition coefficient (Wildman–Crippen LogP) is 6.18. The first-order valence-electron chi connectivity index (χ1n) is 10.2. The molecule has 1 aliphatic heterocycles. The Balaban J connectivity index is 0.00000171. The number of anilines is 1. The van der Waals surface area contributed by atoms with Crippen LogP contribution in [0.3, 0.4) is 0 Å². The van der Waals surface area contributed by atoms with Gasteiger partial charge in [0, 0.05) is 29.3 Å². The normalized spacial score (nSPS) is 15.5. The van der Waals surface area contributed by atoms with Gasteiger partial charge in [-0.2, -0.15) is 0 Å². The molecule has 3 aromatic rings. The Morgan fingerprint density at radius 2 is 1.87 bits per heavy atom. The van der Waals surface area contributed by atoms with E-state index in [2.05, 4.69) is 13.8 Å². The molecule has 0 radical (unpaired) electrons. The molecule has 0 saturated carbocycles. The van der Waals surface area contributed by atoms with Crippen LogP contribution in [0.5, 0.6) is 0 Å². The fourth-order valence-electron chi connectivity index (χ4n) is 3.98. The number of nitrogens with zero attached hydrogens (tertiary/aromatic N) is 2. The highest BCUT2D eigenvalue weighted by molar-refractivity contribution is 5.97. The average Bonchev–Trinajstić information content (AvgIpc) is 3.37. The van der Waals surface area contributed by atoms with E-state index in [1.165, 1.54) is 0 Å². The van der Waals surface area contributed by atoms with Gasteiger partial charge in [0.2, 0.25) is 5.89 Å². The fraction of sp³-hybridized carbons (Fsp3) is 0.333. The monoisotopic (exact) mass is 461 g/mol. The van der Waals surface area contributed by atoms with Crippen LogP contribution in [-0.4, -0.2) is 22.3 Å². The summed E-state index contributed by atoms with van der Waals surface area (Å²) >= 11 is 0. The molecule has 1 unspecified atom stereocenters. The molecule has 1 aromatic heterocycles. The Morgan fingerprint density at radius 3 is 2.55 bits per heavy atom. The molecule has 1 aliphatic rings. The molecular formula is C24H29Cl2N3O2. The summed E-state index contributed by atoms with van der Waals surface area (Å²) in [6, 6.07) is 15.4. The van der Waals surface area contributed by atoms with Gasteiger partial charge >= 0.3 is 0 Å². The molecule has 1 atom stereocenters. The summed E-state index contributed by atoms with van der Waals surface area (Å²) in [5, 5.41) is 0. The van der Waals surface area contributed by atoms with Gasteiger partial charge in [-0.05, 0) is 37.5 Å². The molecular weight excluding hydrogens is 433 g/mol. The lowest BCUT2D eigenvalue weighted by molar-refractivity contribution is 0.0713. The lowest BCUT2D eigenvalue weighted by Crippen LogP contribution is -2.31. The fourth-order valence-corrected chi connectivity index (χ4v) is 3.98. The number of carbonyl (C=O) groups excluding carboxylic acids is 1. The number of amides is 1. The number of nitrogen functional groups attached to an aromatic ring is 1. The minimum atomic E-state index is -0.154. The Kier molecular flexibility index (Phi) is 8.15. The van der Waals surface area contributed by atoms with Gasteiger partial charge in [0.25, 0.3) is 5.91 Å². The van der Waals surface area contributed by atoms with E-state index in [0.717, 1.165) is 35.4 Å². The van der Waals surface area contributed by atoms with Crippen LogP contribution in [0, 0.1) is 6.92 Å². The van der Waals surface area contributed by atoms with Crippen LogP contribution in [-0.2, 0) is 0 Å². The van der Waals surface area contributed by atoms with Crippen molar-refractivity contribution in [1.29, 1.82) is 0 Å². The number of benzene rings is 2. The van der Waals surface area contributed by atoms with E-state index in [9.17, 15) is 4.79 Å². The molecule has 1 saturated heterocycles. The highest BCUT2D eigenvalue weighted by Crippen LogP contribution is 2.38. The second-order valence-electron chi connectivity index (χ2n) is 8.02. The molecule has 2 aromatic carbocycles. The number of carbonyl (C=O) groups is 1. The quantitative estimate of drug-likeness (QED) is 0.470. The molecule has 2 N–H and O–H groups in total. The third-order valence-corrected chi connectivity index (χ3v) is 5.53. The summed E-state index contributed by atoms with van der Waals surface area (Å²) in [7, 11) is 0. The number of likely N-dealkylation sites (tertiary alicyclic amines) is 1. The first-order valence-corrected chi connectivity index (χ1v) is 10.2. The summed E-state index contributed by atoms with van der Waals surface area (Å²) in [6.45, 7) is 6.83. The van der Waals surface area contributed by atoms with Crippen LogP contribution in [0.1, 0.15) is 66.2 Å². The molecule has 2 heterocycles. The number of aromatic nitrogens is 1. The van der Waals surface area contributed by atoms with Crippen molar-refractivity contribution in [2.75, 3.05) is 12.3 Å². The van der Waals surface area contributed by atoms with Crippen molar-refractivity contribution >= 4 is 36.4 Å². The van der Waals surface area contributed by atoms with E-state index in [0.29, 0.717) is 23.7 Å². The van der Waals surface area contributed by atoms with Crippen LogP contribution in [0.2, 0.25) is 0 Å². The van der Waals surface area contributed by atoms with Crippen molar-refractivity contribution in [3.05, 3.63) is 71.3 Å². The Bertz CT molecular complexity index is 1030. The van der Waals surface area contributed by atoms with Crippen molar-refractivity contribution in [3.8, 4) is 11.3 Å². The molecule has 4 rings (SSSR count). The molecule has 31 heavy (non-hydrogen) atoms. The topological polar surface area (TPSA) is 72.4 Å². The third-order valence-electron chi connectivity index (χ3n) is 5.53. The van der Waals surface area contributed by atoms with Gasteiger partial charge in [-0.25, -0.2) is 4.98 Å². The molecule has 166 valence electrons. The Morgan fingerprint density at radius 1 is 1.16 bits per heavy atom. The number of halogens is 2. The van der Waals surface area contributed by atoms with E-state index in [-0.39, 0.29) is 42.7 Å². The highest BCUT2D eigenvalue weighted by Gasteiger charge is 2.35. The van der Waals surface area contributed by atoms with E-state index < -0.39 is 0 Å². The van der Waals surface area contributed by atoms with Crippen LogP contribution in [0.25, 0.3) is 11.3 Å². The average molecular weight is 462 g/mol. The Labute approximate surface area is 195 Å². The van der Waals surface area contributed by atoms with Crippen molar-refractivity contribution in [1.82, 2.24) is 9.88 Å². The minimum Gasteiger partial charge on any atom is -0.442 e. The molecule has 5 nitrogen and oxygen atoms in total. The maximum atomic E-state index is 13.3. The molecule has 7 heteroatoms. The van der Waals surface area contributed by atoms with Crippen LogP contribution in [0.15, 0.2) is 52.9 Å². The zero-order valence-corrected chi connectivity index (χ0v) is 19.6. The molecule has 0 aliphatic carbocycles. The summed E-state index contributed by atoms with van der Waals surface area (Å²) in [5.41, 5.74) is 10.0. The molecule has 0 spiro atoms. The van der Waals surface area contributed by atoms with Crippen LogP contribution < -0.4 is 5.73 Å². The molecule has 1 fully saturated rings. The van der Waals surface area contributed by atoms with Gasteiger partial charge in [0.05, 0.1) is 0 Å².